The zero-order chi connectivity index (χ0) is 14.0. The molecule has 0 aromatic heterocycles. The number of halogens is 1. The molecule has 4 N–H and O–H groups in total. The second-order valence-electron chi connectivity index (χ2n) is 4.72. The topological polar surface area (TPSA) is 72.4 Å². The maximum absolute atomic E-state index is 14.1. The van der Waals surface area contributed by atoms with Gasteiger partial charge in [0.2, 0.25) is 5.91 Å². The maximum Gasteiger partial charge on any atom is 0.222 e. The molecule has 1 amide bonds. The molecule has 1 heterocycles. The molecule has 0 bridgehead atoms. The minimum atomic E-state index is -0.379. The highest BCUT2D eigenvalue weighted by molar-refractivity contribution is 7.80. The van der Waals surface area contributed by atoms with Crippen molar-refractivity contribution in [1.82, 2.24) is 0 Å². The van der Waals surface area contributed by atoms with Crippen LogP contribution in [-0.4, -0.2) is 24.0 Å². The van der Waals surface area contributed by atoms with Crippen LogP contribution < -0.4 is 16.4 Å². The number of anilines is 1. The van der Waals surface area contributed by atoms with E-state index in [1.54, 1.807) is 12.1 Å². The van der Waals surface area contributed by atoms with E-state index in [-0.39, 0.29) is 22.6 Å². The summed E-state index contributed by atoms with van der Waals surface area (Å²) in [5.74, 6) is -0.927. The van der Waals surface area contributed by atoms with E-state index >= 15 is 0 Å². The van der Waals surface area contributed by atoms with Gasteiger partial charge in [0.25, 0.3) is 0 Å². The zero-order valence-corrected chi connectivity index (χ0v) is 11.3. The van der Waals surface area contributed by atoms with E-state index in [1.807, 2.05) is 4.90 Å². The van der Waals surface area contributed by atoms with Gasteiger partial charge in [-0.2, -0.15) is 0 Å². The minimum absolute atomic E-state index is 0.166. The first-order valence-corrected chi connectivity index (χ1v) is 6.53. The molecule has 6 heteroatoms. The Labute approximate surface area is 116 Å². The van der Waals surface area contributed by atoms with Crippen molar-refractivity contribution in [3.05, 3.63) is 29.6 Å². The van der Waals surface area contributed by atoms with Gasteiger partial charge in [-0.15, -0.1) is 0 Å². The van der Waals surface area contributed by atoms with Crippen LogP contribution in [0.15, 0.2) is 18.2 Å². The van der Waals surface area contributed by atoms with E-state index in [4.69, 9.17) is 23.7 Å². The lowest BCUT2D eigenvalue weighted by molar-refractivity contribution is -0.122. The van der Waals surface area contributed by atoms with Crippen LogP contribution in [-0.2, 0) is 4.79 Å². The normalized spacial score (nSPS) is 19.2. The summed E-state index contributed by atoms with van der Waals surface area (Å²) >= 11 is 4.81. The van der Waals surface area contributed by atoms with Gasteiger partial charge in [-0.1, -0.05) is 12.2 Å². The number of nitrogens with two attached hydrogens (primary N) is 2. The quantitative estimate of drug-likeness (QED) is 0.816. The number of carbonyl (C=O) groups is 1. The number of benzene rings is 1. The van der Waals surface area contributed by atoms with Crippen molar-refractivity contribution in [3.63, 3.8) is 0 Å². The number of thiocarbonyl (C=S) groups is 1. The van der Waals surface area contributed by atoms with Crippen LogP contribution in [0, 0.1) is 11.7 Å². The van der Waals surface area contributed by atoms with E-state index in [2.05, 4.69) is 0 Å². The molecule has 1 fully saturated rings. The summed E-state index contributed by atoms with van der Waals surface area (Å²) in [6.45, 7) is 1.17. The van der Waals surface area contributed by atoms with E-state index in [9.17, 15) is 9.18 Å². The first kappa shape index (κ1) is 13.7. The molecule has 1 aliphatic rings. The van der Waals surface area contributed by atoms with Gasteiger partial charge in [0.05, 0.1) is 11.6 Å². The fraction of sp³-hybridized carbons (Fsp3) is 0.385. The Hall–Kier alpha value is -1.69. The number of nitrogens with zero attached hydrogens (tertiary/aromatic N) is 1. The smallest absolute Gasteiger partial charge is 0.222 e. The molecule has 0 spiro atoms. The van der Waals surface area contributed by atoms with Gasteiger partial charge in [0.15, 0.2) is 0 Å². The molecular formula is C13H16FN3OS. The van der Waals surface area contributed by atoms with E-state index in [0.29, 0.717) is 24.3 Å². The molecule has 1 aromatic carbocycles. The number of hydrogen-bond acceptors (Lipinski definition) is 3. The van der Waals surface area contributed by atoms with Crippen molar-refractivity contribution in [2.45, 2.75) is 12.8 Å². The Bertz CT molecular complexity index is 521. The van der Waals surface area contributed by atoms with Crippen molar-refractivity contribution in [2.75, 3.05) is 18.0 Å². The molecule has 0 saturated carbocycles. The SMILES string of the molecule is NC(=O)C1CCCN(c2ccc(C(N)=S)cc2F)C1. The Morgan fingerprint density at radius 1 is 1.42 bits per heavy atom. The molecule has 0 radical (unpaired) electrons. The van der Waals surface area contributed by atoms with Gasteiger partial charge >= 0.3 is 0 Å². The van der Waals surface area contributed by atoms with Crippen LogP contribution in [0.3, 0.4) is 0 Å². The molecule has 1 aliphatic heterocycles. The number of piperidine rings is 1. The Morgan fingerprint density at radius 2 is 2.16 bits per heavy atom. The minimum Gasteiger partial charge on any atom is -0.389 e. The second-order valence-corrected chi connectivity index (χ2v) is 5.16. The Balaban J connectivity index is 2.22. The Kier molecular flexibility index (Phi) is 3.99. The molecular weight excluding hydrogens is 265 g/mol. The van der Waals surface area contributed by atoms with E-state index < -0.39 is 0 Å². The average molecular weight is 281 g/mol. The molecule has 1 aromatic rings. The van der Waals surface area contributed by atoms with Crippen LogP contribution in [0.5, 0.6) is 0 Å². The van der Waals surface area contributed by atoms with Crippen molar-refractivity contribution in [2.24, 2.45) is 17.4 Å². The first-order chi connectivity index (χ1) is 8.99. The third-order valence-electron chi connectivity index (χ3n) is 3.40. The third-order valence-corrected chi connectivity index (χ3v) is 3.63. The fourth-order valence-corrected chi connectivity index (χ4v) is 2.47. The van der Waals surface area contributed by atoms with Crippen LogP contribution >= 0.6 is 12.2 Å². The summed E-state index contributed by atoms with van der Waals surface area (Å²) < 4.78 is 14.1. The van der Waals surface area contributed by atoms with Crippen molar-refractivity contribution in [1.29, 1.82) is 0 Å². The summed E-state index contributed by atoms with van der Waals surface area (Å²) in [6, 6.07) is 4.66. The van der Waals surface area contributed by atoms with Crippen LogP contribution in [0.2, 0.25) is 0 Å². The number of carbonyl (C=O) groups excluding carboxylic acids is 1. The van der Waals surface area contributed by atoms with Crippen molar-refractivity contribution in [3.8, 4) is 0 Å². The lowest BCUT2D eigenvalue weighted by Gasteiger charge is -2.33. The molecule has 4 nitrogen and oxygen atoms in total. The molecule has 1 unspecified atom stereocenters. The van der Waals surface area contributed by atoms with Gasteiger partial charge in [-0.05, 0) is 31.0 Å². The van der Waals surface area contributed by atoms with Crippen LogP contribution in [0.4, 0.5) is 10.1 Å². The lowest BCUT2D eigenvalue weighted by atomic mass is 9.97. The lowest BCUT2D eigenvalue weighted by Crippen LogP contribution is -2.41. The van der Waals surface area contributed by atoms with E-state index in [0.717, 1.165) is 12.8 Å². The molecule has 0 aliphatic carbocycles. The highest BCUT2D eigenvalue weighted by atomic mass is 32.1. The maximum atomic E-state index is 14.1. The molecule has 2 rings (SSSR count). The zero-order valence-electron chi connectivity index (χ0n) is 10.4. The Morgan fingerprint density at radius 3 is 2.74 bits per heavy atom. The van der Waals surface area contributed by atoms with Gasteiger partial charge in [0.1, 0.15) is 10.8 Å². The molecule has 1 saturated heterocycles. The predicted octanol–water partition coefficient (Wildman–Crippen LogP) is 1.16. The highest BCUT2D eigenvalue weighted by Gasteiger charge is 2.25. The second kappa shape index (κ2) is 5.52. The highest BCUT2D eigenvalue weighted by Crippen LogP contribution is 2.26. The number of primary amides is 1. The van der Waals surface area contributed by atoms with Gasteiger partial charge in [0, 0.05) is 18.7 Å². The fourth-order valence-electron chi connectivity index (χ4n) is 2.34. The monoisotopic (exact) mass is 281 g/mol. The standard InChI is InChI=1S/C13H16FN3OS/c14-10-6-8(13(16)19)3-4-11(10)17-5-1-2-9(7-17)12(15)18/h3-4,6,9H,1-2,5,7H2,(H2,15,18)(H2,16,19). The van der Waals surface area contributed by atoms with E-state index in [1.165, 1.54) is 6.07 Å². The molecule has 102 valence electrons. The average Bonchev–Trinajstić information content (AvgIpc) is 2.38. The van der Waals surface area contributed by atoms with Gasteiger partial charge in [-0.3, -0.25) is 4.79 Å². The number of amides is 1. The summed E-state index contributed by atoms with van der Waals surface area (Å²) in [7, 11) is 0. The summed E-state index contributed by atoms with van der Waals surface area (Å²) in [6.07, 6.45) is 1.59. The summed E-state index contributed by atoms with van der Waals surface area (Å²) in [5.41, 5.74) is 11.7. The van der Waals surface area contributed by atoms with Crippen molar-refractivity contribution >= 4 is 28.8 Å². The summed E-state index contributed by atoms with van der Waals surface area (Å²) in [4.78, 5) is 13.2. The van der Waals surface area contributed by atoms with Crippen molar-refractivity contribution < 1.29 is 9.18 Å². The van der Waals surface area contributed by atoms with Crippen LogP contribution in [0.25, 0.3) is 0 Å². The van der Waals surface area contributed by atoms with Gasteiger partial charge in [-0.25, -0.2) is 4.39 Å². The molecule has 1 atom stereocenters. The number of hydrogen-bond donors (Lipinski definition) is 2. The van der Waals surface area contributed by atoms with Gasteiger partial charge < -0.3 is 16.4 Å². The van der Waals surface area contributed by atoms with Crippen LogP contribution in [0.1, 0.15) is 18.4 Å². The predicted molar refractivity (Wildman–Crippen MR) is 76.4 cm³/mol. The first-order valence-electron chi connectivity index (χ1n) is 6.12. The number of rotatable bonds is 3. The largest absolute Gasteiger partial charge is 0.389 e. The summed E-state index contributed by atoms with van der Waals surface area (Å²) in [5, 5.41) is 0. The molecule has 19 heavy (non-hydrogen) atoms. The third kappa shape index (κ3) is 3.01.